The molecule has 0 aliphatic heterocycles. The van der Waals surface area contributed by atoms with Crippen LogP contribution in [0, 0.1) is 5.41 Å². The van der Waals surface area contributed by atoms with Crippen molar-refractivity contribution >= 4 is 18.0 Å². The Morgan fingerprint density at radius 2 is 1.67 bits per heavy atom. The number of benzene rings is 1. The first-order valence-electron chi connectivity index (χ1n) is 5.58. The van der Waals surface area contributed by atoms with Gasteiger partial charge in [-0.05, 0) is 11.1 Å². The van der Waals surface area contributed by atoms with E-state index in [0.717, 1.165) is 11.1 Å². The summed E-state index contributed by atoms with van der Waals surface area (Å²) < 4.78 is 9.38. The Bertz CT molecular complexity index is 486. The second-order valence-electron chi connectivity index (χ2n) is 4.15. The van der Waals surface area contributed by atoms with Crippen molar-refractivity contribution in [1.82, 2.24) is 0 Å². The number of hydrogen-bond acceptors (Lipinski definition) is 4. The first kappa shape index (κ1) is 12.4. The maximum Gasteiger partial charge on any atom is 0.327 e. The van der Waals surface area contributed by atoms with Crippen LogP contribution < -0.4 is 0 Å². The zero-order chi connectivity index (χ0) is 13.2. The molecule has 0 spiro atoms. The van der Waals surface area contributed by atoms with Gasteiger partial charge in [0.2, 0.25) is 0 Å². The molecule has 0 N–H and O–H groups in total. The molecule has 1 aromatic rings. The Balaban J connectivity index is 2.31. The van der Waals surface area contributed by atoms with Crippen molar-refractivity contribution in [1.29, 1.82) is 0 Å². The van der Waals surface area contributed by atoms with Gasteiger partial charge >= 0.3 is 11.9 Å². The topological polar surface area (TPSA) is 52.6 Å². The fourth-order valence-corrected chi connectivity index (χ4v) is 2.00. The molecule has 4 nitrogen and oxygen atoms in total. The van der Waals surface area contributed by atoms with Crippen LogP contribution in [0.15, 0.2) is 35.9 Å². The van der Waals surface area contributed by atoms with Crippen LogP contribution in [0.5, 0.6) is 0 Å². The van der Waals surface area contributed by atoms with Crippen LogP contribution in [0.25, 0.3) is 6.08 Å². The van der Waals surface area contributed by atoms with Gasteiger partial charge in [0.05, 0.1) is 14.2 Å². The Hall–Kier alpha value is -2.10. The zero-order valence-corrected chi connectivity index (χ0v) is 10.3. The predicted molar refractivity (Wildman–Crippen MR) is 65.5 cm³/mol. The van der Waals surface area contributed by atoms with E-state index < -0.39 is 17.4 Å². The highest BCUT2D eigenvalue weighted by atomic mass is 16.5. The maximum atomic E-state index is 11.7. The van der Waals surface area contributed by atoms with Crippen molar-refractivity contribution in [2.75, 3.05) is 14.2 Å². The van der Waals surface area contributed by atoms with Gasteiger partial charge in [-0.15, -0.1) is 0 Å². The average Bonchev–Trinajstić information content (AvgIpc) is 3.13. The molecule has 94 valence electrons. The first-order valence-corrected chi connectivity index (χ1v) is 5.58. The summed E-state index contributed by atoms with van der Waals surface area (Å²) in [6.45, 7) is 0. The van der Waals surface area contributed by atoms with Crippen LogP contribution in [-0.4, -0.2) is 26.2 Å². The molecule has 0 heterocycles. The van der Waals surface area contributed by atoms with Crippen LogP contribution >= 0.6 is 0 Å². The third kappa shape index (κ3) is 1.90. The molecule has 0 saturated heterocycles. The fourth-order valence-electron chi connectivity index (χ4n) is 2.00. The second-order valence-corrected chi connectivity index (χ2v) is 4.15. The number of hydrogen-bond donors (Lipinski definition) is 0. The van der Waals surface area contributed by atoms with Crippen LogP contribution in [-0.2, 0) is 19.1 Å². The molecule has 2 rings (SSSR count). The van der Waals surface area contributed by atoms with E-state index in [4.69, 9.17) is 0 Å². The maximum absolute atomic E-state index is 11.7. The number of carbonyl (C=O) groups is 2. The molecule has 4 heteroatoms. The number of methoxy groups -OCH3 is 2. The molecule has 18 heavy (non-hydrogen) atoms. The molecule has 0 bridgehead atoms. The Morgan fingerprint density at radius 3 is 2.17 bits per heavy atom. The molecule has 0 amide bonds. The molecule has 0 unspecified atom stereocenters. The quantitative estimate of drug-likeness (QED) is 0.603. The van der Waals surface area contributed by atoms with E-state index in [0.29, 0.717) is 6.42 Å². The van der Waals surface area contributed by atoms with Gasteiger partial charge in [-0.2, -0.15) is 0 Å². The molecular formula is C14H14O4. The normalized spacial score (nSPS) is 18.2. The van der Waals surface area contributed by atoms with E-state index in [1.165, 1.54) is 14.2 Å². The fraction of sp³-hybridized carbons (Fsp3) is 0.286. The number of rotatable bonds is 3. The predicted octanol–water partition coefficient (Wildman–Crippen LogP) is 1.81. The van der Waals surface area contributed by atoms with Gasteiger partial charge in [-0.1, -0.05) is 36.4 Å². The van der Waals surface area contributed by atoms with Gasteiger partial charge in [-0.25, -0.2) is 0 Å². The monoisotopic (exact) mass is 246 g/mol. The standard InChI is InChI=1S/C14H14O4/c1-17-12(15)14(13(16)18-2)9-11(14)8-10-6-4-3-5-7-10/h3-8H,9H2,1-2H3. The minimum Gasteiger partial charge on any atom is -0.468 e. The summed E-state index contributed by atoms with van der Waals surface area (Å²) in [5.41, 5.74) is 0.453. The first-order chi connectivity index (χ1) is 8.65. The smallest absolute Gasteiger partial charge is 0.327 e. The minimum absolute atomic E-state index is 0.362. The summed E-state index contributed by atoms with van der Waals surface area (Å²) in [5, 5.41) is 0. The van der Waals surface area contributed by atoms with Crippen LogP contribution in [0.3, 0.4) is 0 Å². The summed E-state index contributed by atoms with van der Waals surface area (Å²) in [5.74, 6) is -1.12. The van der Waals surface area contributed by atoms with Gasteiger partial charge < -0.3 is 9.47 Å². The summed E-state index contributed by atoms with van der Waals surface area (Å²) >= 11 is 0. The molecule has 1 aliphatic carbocycles. The summed E-state index contributed by atoms with van der Waals surface area (Å²) in [6.07, 6.45) is 2.19. The zero-order valence-electron chi connectivity index (χ0n) is 10.3. The van der Waals surface area contributed by atoms with Crippen molar-refractivity contribution in [3.05, 3.63) is 41.5 Å². The summed E-state index contributed by atoms with van der Waals surface area (Å²) in [7, 11) is 2.54. The molecule has 0 aromatic heterocycles. The van der Waals surface area contributed by atoms with Crippen molar-refractivity contribution in [2.24, 2.45) is 5.41 Å². The molecule has 0 atom stereocenters. The van der Waals surface area contributed by atoms with E-state index in [1.807, 2.05) is 36.4 Å². The molecule has 1 fully saturated rings. The van der Waals surface area contributed by atoms with Gasteiger partial charge in [0.1, 0.15) is 0 Å². The molecule has 0 radical (unpaired) electrons. The highest BCUT2D eigenvalue weighted by Crippen LogP contribution is 2.54. The van der Waals surface area contributed by atoms with Gasteiger partial charge in [0.25, 0.3) is 0 Å². The molecule has 1 aliphatic rings. The van der Waals surface area contributed by atoms with E-state index in [2.05, 4.69) is 9.47 Å². The molecule has 1 saturated carbocycles. The van der Waals surface area contributed by atoms with Crippen molar-refractivity contribution in [3.8, 4) is 0 Å². The average molecular weight is 246 g/mol. The second kappa shape index (κ2) is 4.64. The minimum atomic E-state index is -1.22. The largest absolute Gasteiger partial charge is 0.468 e. The lowest BCUT2D eigenvalue weighted by atomic mass is 10.1. The van der Waals surface area contributed by atoms with Crippen molar-refractivity contribution in [2.45, 2.75) is 6.42 Å². The van der Waals surface area contributed by atoms with Crippen molar-refractivity contribution < 1.29 is 19.1 Å². The van der Waals surface area contributed by atoms with E-state index >= 15 is 0 Å². The highest BCUT2D eigenvalue weighted by molar-refractivity contribution is 6.10. The number of carbonyl (C=O) groups excluding carboxylic acids is 2. The van der Waals surface area contributed by atoms with Crippen LogP contribution in [0.1, 0.15) is 12.0 Å². The summed E-state index contributed by atoms with van der Waals surface area (Å²) in [6, 6.07) is 9.51. The summed E-state index contributed by atoms with van der Waals surface area (Å²) in [4.78, 5) is 23.5. The van der Waals surface area contributed by atoms with Gasteiger partial charge in [-0.3, -0.25) is 9.59 Å². The van der Waals surface area contributed by atoms with Gasteiger partial charge in [0, 0.05) is 6.42 Å². The van der Waals surface area contributed by atoms with Crippen LogP contribution in [0.4, 0.5) is 0 Å². The number of esters is 2. The Morgan fingerprint density at radius 1 is 1.11 bits per heavy atom. The molecule has 1 aromatic carbocycles. The van der Waals surface area contributed by atoms with Gasteiger partial charge in [0.15, 0.2) is 5.41 Å². The molecular weight excluding hydrogens is 232 g/mol. The lowest BCUT2D eigenvalue weighted by molar-refractivity contribution is -0.160. The van der Waals surface area contributed by atoms with Crippen LogP contribution in [0.2, 0.25) is 0 Å². The lowest BCUT2D eigenvalue weighted by Crippen LogP contribution is -2.28. The van der Waals surface area contributed by atoms with E-state index in [-0.39, 0.29) is 0 Å². The third-order valence-electron chi connectivity index (χ3n) is 3.09. The van der Waals surface area contributed by atoms with E-state index in [9.17, 15) is 9.59 Å². The third-order valence-corrected chi connectivity index (χ3v) is 3.09. The van der Waals surface area contributed by atoms with Crippen molar-refractivity contribution in [3.63, 3.8) is 0 Å². The van der Waals surface area contributed by atoms with E-state index in [1.54, 1.807) is 0 Å². The Labute approximate surface area is 105 Å². The Kier molecular flexibility index (Phi) is 3.19. The highest BCUT2D eigenvalue weighted by Gasteiger charge is 2.64. The number of ether oxygens (including phenoxy) is 2. The SMILES string of the molecule is COC(=O)C1(C(=O)OC)CC1=Cc1ccccc1. The lowest BCUT2D eigenvalue weighted by Gasteiger charge is -2.09.